The fraction of sp³-hybridized carbons (Fsp3) is 0.353. The molecule has 0 aliphatic carbocycles. The van der Waals surface area contributed by atoms with Gasteiger partial charge in [0.05, 0.1) is 17.5 Å². The number of rotatable bonds is 6. The third kappa shape index (κ3) is 3.97. The molecular formula is C17H21N3O3S. The van der Waals surface area contributed by atoms with Crippen molar-refractivity contribution in [3.8, 4) is 11.6 Å². The molecule has 1 heterocycles. The van der Waals surface area contributed by atoms with Crippen molar-refractivity contribution in [1.29, 1.82) is 0 Å². The van der Waals surface area contributed by atoms with Gasteiger partial charge in [0, 0.05) is 13.1 Å². The molecule has 128 valence electrons. The largest absolute Gasteiger partial charge is 0.493 e. The first-order valence-corrected chi connectivity index (χ1v) is 8.76. The van der Waals surface area contributed by atoms with Gasteiger partial charge in [0.25, 0.3) is 5.56 Å². The normalized spacial score (nSPS) is 10.6. The van der Waals surface area contributed by atoms with Gasteiger partial charge in [0.15, 0.2) is 5.16 Å². The molecule has 0 unspecified atom stereocenters. The Morgan fingerprint density at radius 2 is 1.96 bits per heavy atom. The third-order valence-electron chi connectivity index (χ3n) is 3.67. The van der Waals surface area contributed by atoms with Gasteiger partial charge in [-0.1, -0.05) is 30.0 Å². The maximum absolute atomic E-state index is 12.4. The Balaban J connectivity index is 2.38. The van der Waals surface area contributed by atoms with E-state index in [0.717, 1.165) is 23.4 Å². The van der Waals surface area contributed by atoms with Gasteiger partial charge < -0.3 is 10.0 Å². The van der Waals surface area contributed by atoms with Gasteiger partial charge in [0.1, 0.15) is 0 Å². The molecule has 0 radical (unpaired) electrons. The Morgan fingerprint density at radius 3 is 2.58 bits per heavy atom. The Morgan fingerprint density at radius 1 is 1.29 bits per heavy atom. The van der Waals surface area contributed by atoms with Crippen molar-refractivity contribution in [3.63, 3.8) is 0 Å². The van der Waals surface area contributed by atoms with E-state index in [4.69, 9.17) is 0 Å². The lowest BCUT2D eigenvalue weighted by Crippen LogP contribution is -2.32. The Labute approximate surface area is 145 Å². The van der Waals surface area contributed by atoms with Crippen LogP contribution in [-0.2, 0) is 4.79 Å². The van der Waals surface area contributed by atoms with Gasteiger partial charge in [-0.25, -0.2) is 0 Å². The highest BCUT2D eigenvalue weighted by Gasteiger charge is 2.16. The van der Waals surface area contributed by atoms with Crippen molar-refractivity contribution in [2.45, 2.75) is 25.9 Å². The Kier molecular flexibility index (Phi) is 6.03. The molecular weight excluding hydrogens is 326 g/mol. The summed E-state index contributed by atoms with van der Waals surface area (Å²) in [5.74, 6) is -0.217. The zero-order valence-corrected chi connectivity index (χ0v) is 14.8. The predicted octanol–water partition coefficient (Wildman–Crippen LogP) is 2.21. The molecule has 0 spiro atoms. The zero-order valence-electron chi connectivity index (χ0n) is 14.0. The second kappa shape index (κ2) is 8.01. The number of aryl methyl sites for hydroxylation is 1. The smallest absolute Gasteiger partial charge is 0.262 e. The number of nitrogens with zero attached hydrogens (tertiary/aromatic N) is 3. The fourth-order valence-electron chi connectivity index (χ4n) is 2.38. The van der Waals surface area contributed by atoms with Crippen LogP contribution in [0.15, 0.2) is 40.3 Å². The average molecular weight is 347 g/mol. The summed E-state index contributed by atoms with van der Waals surface area (Å²) >= 11 is 1.15. The van der Waals surface area contributed by atoms with Gasteiger partial charge in [-0.15, -0.1) is 0 Å². The van der Waals surface area contributed by atoms with Gasteiger partial charge in [-0.05, 0) is 32.4 Å². The second-order valence-corrected chi connectivity index (χ2v) is 6.15. The van der Waals surface area contributed by atoms with Crippen LogP contribution in [0.5, 0.6) is 5.88 Å². The molecule has 1 aromatic heterocycles. The number of thioether (sulfide) groups is 1. The number of aromatic nitrogens is 2. The summed E-state index contributed by atoms with van der Waals surface area (Å²) in [4.78, 5) is 30.3. The number of benzene rings is 1. The topological polar surface area (TPSA) is 75.4 Å². The van der Waals surface area contributed by atoms with Crippen LogP contribution in [0.1, 0.15) is 19.4 Å². The van der Waals surface area contributed by atoms with Crippen LogP contribution >= 0.6 is 11.8 Å². The van der Waals surface area contributed by atoms with E-state index < -0.39 is 0 Å². The molecule has 24 heavy (non-hydrogen) atoms. The zero-order chi connectivity index (χ0) is 17.7. The van der Waals surface area contributed by atoms with E-state index in [1.54, 1.807) is 4.90 Å². The SMILES string of the molecule is CCN(CC)C(=O)CSc1nc(O)cc(=O)n1-c1ccccc1C. The van der Waals surface area contributed by atoms with Crippen LogP contribution < -0.4 is 5.56 Å². The minimum atomic E-state index is -0.380. The molecule has 2 aromatic rings. The van der Waals surface area contributed by atoms with Crippen LogP contribution in [0.2, 0.25) is 0 Å². The van der Waals surface area contributed by atoms with Gasteiger partial charge in [-0.2, -0.15) is 4.98 Å². The quantitative estimate of drug-likeness (QED) is 0.640. The summed E-state index contributed by atoms with van der Waals surface area (Å²) < 4.78 is 1.43. The minimum Gasteiger partial charge on any atom is -0.493 e. The van der Waals surface area contributed by atoms with Crippen molar-refractivity contribution < 1.29 is 9.90 Å². The molecule has 6 nitrogen and oxygen atoms in total. The molecule has 0 aliphatic heterocycles. The summed E-state index contributed by atoms with van der Waals surface area (Å²) in [7, 11) is 0. The van der Waals surface area contributed by atoms with E-state index in [1.165, 1.54) is 4.57 Å². The number of hydrogen-bond donors (Lipinski definition) is 1. The maximum atomic E-state index is 12.4. The lowest BCUT2D eigenvalue weighted by Gasteiger charge is -2.19. The van der Waals surface area contributed by atoms with Crippen LogP contribution in [0.25, 0.3) is 5.69 Å². The highest BCUT2D eigenvalue weighted by molar-refractivity contribution is 7.99. The number of carbonyl (C=O) groups is 1. The number of amides is 1. The summed E-state index contributed by atoms with van der Waals surface area (Å²) in [5.41, 5.74) is 1.21. The van der Waals surface area contributed by atoms with E-state index in [9.17, 15) is 14.7 Å². The van der Waals surface area contributed by atoms with Crippen LogP contribution in [0.3, 0.4) is 0 Å². The summed E-state index contributed by atoms with van der Waals surface area (Å²) in [6.07, 6.45) is 0. The molecule has 0 saturated carbocycles. The molecule has 0 fully saturated rings. The molecule has 2 rings (SSSR count). The molecule has 7 heteroatoms. The highest BCUT2D eigenvalue weighted by Crippen LogP contribution is 2.22. The van der Waals surface area contributed by atoms with Gasteiger partial charge in [-0.3, -0.25) is 14.2 Å². The van der Waals surface area contributed by atoms with Crippen molar-refractivity contribution in [3.05, 3.63) is 46.2 Å². The van der Waals surface area contributed by atoms with E-state index in [0.29, 0.717) is 23.9 Å². The van der Waals surface area contributed by atoms with E-state index in [2.05, 4.69) is 4.98 Å². The number of para-hydroxylation sites is 1. The number of carbonyl (C=O) groups excluding carboxylic acids is 1. The molecule has 1 amide bonds. The van der Waals surface area contributed by atoms with Crippen molar-refractivity contribution in [2.24, 2.45) is 0 Å². The second-order valence-electron chi connectivity index (χ2n) is 5.21. The summed E-state index contributed by atoms with van der Waals surface area (Å²) in [6.45, 7) is 7.00. The summed E-state index contributed by atoms with van der Waals surface area (Å²) in [5, 5.41) is 9.97. The van der Waals surface area contributed by atoms with Crippen LogP contribution in [-0.4, -0.2) is 44.3 Å². The third-order valence-corrected chi connectivity index (χ3v) is 4.60. The first-order valence-electron chi connectivity index (χ1n) is 7.77. The summed E-state index contributed by atoms with van der Waals surface area (Å²) in [6, 6.07) is 8.49. The maximum Gasteiger partial charge on any atom is 0.262 e. The first-order chi connectivity index (χ1) is 11.5. The molecule has 0 bridgehead atoms. The van der Waals surface area contributed by atoms with Crippen LogP contribution in [0.4, 0.5) is 0 Å². The van der Waals surface area contributed by atoms with Crippen LogP contribution in [0, 0.1) is 6.92 Å². The molecule has 0 saturated heterocycles. The molecule has 1 aromatic carbocycles. The number of hydrogen-bond acceptors (Lipinski definition) is 5. The number of aromatic hydroxyl groups is 1. The molecule has 1 N–H and O–H groups in total. The van der Waals surface area contributed by atoms with Gasteiger partial charge >= 0.3 is 0 Å². The standard InChI is InChI=1S/C17H21N3O3S/c1-4-19(5-2)16(23)11-24-17-18-14(21)10-15(22)20(17)13-9-7-6-8-12(13)3/h6-10,21H,4-5,11H2,1-3H3. The lowest BCUT2D eigenvalue weighted by atomic mass is 10.2. The van der Waals surface area contributed by atoms with Crippen molar-refractivity contribution in [2.75, 3.05) is 18.8 Å². The predicted molar refractivity (Wildman–Crippen MR) is 94.9 cm³/mol. The lowest BCUT2D eigenvalue weighted by molar-refractivity contribution is -0.127. The Bertz CT molecular complexity index is 785. The monoisotopic (exact) mass is 347 g/mol. The van der Waals surface area contributed by atoms with E-state index in [1.807, 2.05) is 45.0 Å². The average Bonchev–Trinajstić information content (AvgIpc) is 2.55. The van der Waals surface area contributed by atoms with Gasteiger partial charge in [0.2, 0.25) is 11.8 Å². The first kappa shape index (κ1) is 18.1. The highest BCUT2D eigenvalue weighted by atomic mass is 32.2. The van der Waals surface area contributed by atoms with E-state index in [-0.39, 0.29) is 23.1 Å². The van der Waals surface area contributed by atoms with E-state index >= 15 is 0 Å². The van der Waals surface area contributed by atoms with Crippen molar-refractivity contribution in [1.82, 2.24) is 14.5 Å². The molecule has 0 atom stereocenters. The molecule has 0 aliphatic rings. The van der Waals surface area contributed by atoms with Crippen molar-refractivity contribution >= 4 is 17.7 Å². The Hall–Kier alpha value is -2.28. The fourth-order valence-corrected chi connectivity index (χ4v) is 3.29. The minimum absolute atomic E-state index is 0.0288.